The van der Waals surface area contributed by atoms with Gasteiger partial charge in [0.25, 0.3) is 0 Å². The SMILES string of the molecule is CN(Cc1ncn[nH]1)S(=O)(=O)c1ccc(Br)cc1N. The smallest absolute Gasteiger partial charge is 0.245 e. The minimum absolute atomic E-state index is 0.0673. The summed E-state index contributed by atoms with van der Waals surface area (Å²) in [6.45, 7) is 0.0951. The van der Waals surface area contributed by atoms with Crippen LogP contribution >= 0.6 is 15.9 Å². The highest BCUT2D eigenvalue weighted by Gasteiger charge is 2.24. The van der Waals surface area contributed by atoms with Crippen molar-refractivity contribution in [1.29, 1.82) is 0 Å². The van der Waals surface area contributed by atoms with E-state index in [4.69, 9.17) is 5.73 Å². The highest BCUT2D eigenvalue weighted by molar-refractivity contribution is 9.10. The fourth-order valence-corrected chi connectivity index (χ4v) is 3.13. The summed E-state index contributed by atoms with van der Waals surface area (Å²) in [5.74, 6) is 0.460. The Bertz CT molecular complexity index is 671. The van der Waals surface area contributed by atoms with Gasteiger partial charge in [0.1, 0.15) is 17.0 Å². The van der Waals surface area contributed by atoms with Gasteiger partial charge in [0, 0.05) is 11.5 Å². The first-order valence-corrected chi connectivity index (χ1v) is 7.50. The van der Waals surface area contributed by atoms with Gasteiger partial charge in [-0.25, -0.2) is 13.4 Å². The number of hydrogen-bond donors (Lipinski definition) is 2. The fourth-order valence-electron chi connectivity index (χ4n) is 1.52. The number of nitrogens with one attached hydrogen (secondary N) is 1. The van der Waals surface area contributed by atoms with Crippen LogP contribution in [0.15, 0.2) is 33.9 Å². The Balaban J connectivity index is 2.31. The number of H-pyrrole nitrogens is 1. The molecule has 2 aromatic rings. The maximum Gasteiger partial charge on any atom is 0.245 e. The van der Waals surface area contributed by atoms with E-state index < -0.39 is 10.0 Å². The molecule has 0 unspecified atom stereocenters. The normalized spacial score (nSPS) is 11.9. The van der Waals surface area contributed by atoms with Gasteiger partial charge in [0.05, 0.1) is 12.2 Å². The maximum atomic E-state index is 12.4. The average Bonchev–Trinajstić information content (AvgIpc) is 2.81. The lowest BCUT2D eigenvalue weighted by atomic mass is 10.3. The van der Waals surface area contributed by atoms with Gasteiger partial charge in [-0.05, 0) is 18.2 Å². The molecule has 3 N–H and O–H groups in total. The van der Waals surface area contributed by atoms with Gasteiger partial charge in [-0.2, -0.15) is 9.40 Å². The van der Waals surface area contributed by atoms with Crippen LogP contribution < -0.4 is 5.73 Å². The second-order valence-corrected chi connectivity index (χ2v) is 6.80. The van der Waals surface area contributed by atoms with E-state index in [0.29, 0.717) is 5.82 Å². The predicted molar refractivity (Wildman–Crippen MR) is 73.6 cm³/mol. The molecule has 0 saturated heterocycles. The molecule has 1 aromatic carbocycles. The van der Waals surface area contributed by atoms with Crippen molar-refractivity contribution in [3.8, 4) is 0 Å². The van der Waals surface area contributed by atoms with Crippen LogP contribution in [0.2, 0.25) is 0 Å². The van der Waals surface area contributed by atoms with Crippen LogP contribution in [0, 0.1) is 0 Å². The summed E-state index contributed by atoms with van der Waals surface area (Å²) in [6.07, 6.45) is 1.32. The van der Waals surface area contributed by atoms with E-state index in [9.17, 15) is 8.42 Å². The van der Waals surface area contributed by atoms with Crippen LogP contribution in [0.25, 0.3) is 0 Å². The third-order valence-electron chi connectivity index (χ3n) is 2.50. The molecule has 19 heavy (non-hydrogen) atoms. The fraction of sp³-hybridized carbons (Fsp3) is 0.200. The number of hydrogen-bond acceptors (Lipinski definition) is 5. The molecule has 0 bridgehead atoms. The summed E-state index contributed by atoms with van der Waals surface area (Å²) in [6, 6.07) is 4.65. The first-order chi connectivity index (χ1) is 8.91. The zero-order chi connectivity index (χ0) is 14.0. The van der Waals surface area contributed by atoms with Crippen molar-refractivity contribution >= 4 is 31.6 Å². The molecule has 7 nitrogen and oxygen atoms in total. The minimum Gasteiger partial charge on any atom is -0.398 e. The summed E-state index contributed by atoms with van der Waals surface area (Å²) in [4.78, 5) is 3.96. The summed E-state index contributed by atoms with van der Waals surface area (Å²) < 4.78 is 26.6. The number of nitrogens with two attached hydrogens (primary N) is 1. The Morgan fingerprint density at radius 2 is 2.21 bits per heavy atom. The van der Waals surface area contributed by atoms with Crippen LogP contribution in [0.5, 0.6) is 0 Å². The summed E-state index contributed by atoms with van der Waals surface area (Å²) in [7, 11) is -2.21. The predicted octanol–water partition coefficient (Wildman–Crippen LogP) is 0.970. The standard InChI is InChI=1S/C10H12BrN5O2S/c1-16(5-10-13-6-14-15-10)19(17,18)9-3-2-7(11)4-8(9)12/h2-4,6H,5,12H2,1H3,(H,13,14,15). The molecule has 0 atom stereocenters. The second kappa shape index (κ2) is 5.27. The molecule has 9 heteroatoms. The molecule has 0 aliphatic carbocycles. The van der Waals surface area contributed by atoms with Crippen molar-refractivity contribution < 1.29 is 8.42 Å². The van der Waals surface area contributed by atoms with E-state index in [-0.39, 0.29) is 17.1 Å². The van der Waals surface area contributed by atoms with Crippen LogP contribution in [0.3, 0.4) is 0 Å². The van der Waals surface area contributed by atoms with Crippen LogP contribution in [-0.4, -0.2) is 35.0 Å². The third-order valence-corrected chi connectivity index (χ3v) is 4.87. The van der Waals surface area contributed by atoms with Crippen molar-refractivity contribution in [3.63, 3.8) is 0 Å². The van der Waals surface area contributed by atoms with Gasteiger partial charge in [0.2, 0.25) is 10.0 Å². The number of nitrogens with zero attached hydrogens (tertiary/aromatic N) is 3. The van der Waals surface area contributed by atoms with Gasteiger partial charge in [0.15, 0.2) is 0 Å². The van der Waals surface area contributed by atoms with Crippen LogP contribution in [-0.2, 0) is 16.6 Å². The monoisotopic (exact) mass is 345 g/mol. The third kappa shape index (κ3) is 2.94. The highest BCUT2D eigenvalue weighted by Crippen LogP contribution is 2.25. The molecular formula is C10H12BrN5O2S. The van der Waals surface area contributed by atoms with Crippen molar-refractivity contribution in [2.24, 2.45) is 0 Å². The average molecular weight is 346 g/mol. The number of sulfonamides is 1. The Labute approximate surface area is 119 Å². The van der Waals surface area contributed by atoms with E-state index in [1.165, 1.54) is 19.4 Å². The van der Waals surface area contributed by atoms with Crippen molar-refractivity contribution in [3.05, 3.63) is 34.8 Å². The van der Waals surface area contributed by atoms with E-state index in [1.807, 2.05) is 0 Å². The molecule has 102 valence electrons. The van der Waals surface area contributed by atoms with Gasteiger partial charge in [-0.15, -0.1) is 0 Å². The molecular weight excluding hydrogens is 334 g/mol. The van der Waals surface area contributed by atoms with E-state index in [2.05, 4.69) is 31.1 Å². The van der Waals surface area contributed by atoms with Gasteiger partial charge in [-0.3, -0.25) is 5.10 Å². The second-order valence-electron chi connectivity index (χ2n) is 3.88. The Hall–Kier alpha value is -1.45. The zero-order valence-electron chi connectivity index (χ0n) is 10.0. The van der Waals surface area contributed by atoms with Crippen LogP contribution in [0.1, 0.15) is 5.82 Å². The van der Waals surface area contributed by atoms with Crippen molar-refractivity contribution in [1.82, 2.24) is 19.5 Å². The molecule has 0 aliphatic rings. The number of aromatic amines is 1. The quantitative estimate of drug-likeness (QED) is 0.803. The Kier molecular flexibility index (Phi) is 3.88. The molecule has 0 amide bonds. The number of anilines is 1. The number of rotatable bonds is 4. The lowest BCUT2D eigenvalue weighted by molar-refractivity contribution is 0.457. The largest absolute Gasteiger partial charge is 0.398 e. The lowest BCUT2D eigenvalue weighted by Crippen LogP contribution is -2.27. The van der Waals surface area contributed by atoms with Gasteiger partial charge < -0.3 is 5.73 Å². The molecule has 0 saturated carbocycles. The summed E-state index contributed by atoms with van der Waals surface area (Å²) >= 11 is 3.24. The summed E-state index contributed by atoms with van der Waals surface area (Å²) in [5, 5.41) is 6.28. The number of nitrogen functional groups attached to an aromatic ring is 1. The maximum absolute atomic E-state index is 12.4. The molecule has 1 aromatic heterocycles. The topological polar surface area (TPSA) is 105 Å². The number of halogens is 1. The summed E-state index contributed by atoms with van der Waals surface area (Å²) in [5.41, 5.74) is 5.94. The molecule has 0 fully saturated rings. The highest BCUT2D eigenvalue weighted by atomic mass is 79.9. The van der Waals surface area contributed by atoms with Crippen molar-refractivity contribution in [2.75, 3.05) is 12.8 Å². The van der Waals surface area contributed by atoms with Gasteiger partial charge >= 0.3 is 0 Å². The Morgan fingerprint density at radius 3 is 2.79 bits per heavy atom. The number of aromatic nitrogens is 3. The molecule has 0 spiro atoms. The number of benzene rings is 1. The van der Waals surface area contributed by atoms with Crippen LogP contribution in [0.4, 0.5) is 5.69 Å². The molecule has 2 rings (SSSR count). The first kappa shape index (κ1) is 14.0. The molecule has 0 radical (unpaired) electrons. The van der Waals surface area contributed by atoms with Crippen molar-refractivity contribution in [2.45, 2.75) is 11.4 Å². The lowest BCUT2D eigenvalue weighted by Gasteiger charge is -2.17. The van der Waals surface area contributed by atoms with E-state index in [1.54, 1.807) is 12.1 Å². The Morgan fingerprint density at radius 1 is 1.47 bits per heavy atom. The van der Waals surface area contributed by atoms with E-state index in [0.717, 1.165) is 8.78 Å². The first-order valence-electron chi connectivity index (χ1n) is 5.27. The minimum atomic E-state index is -3.66. The van der Waals surface area contributed by atoms with Gasteiger partial charge in [-0.1, -0.05) is 15.9 Å². The van der Waals surface area contributed by atoms with E-state index >= 15 is 0 Å². The zero-order valence-corrected chi connectivity index (χ0v) is 12.4. The molecule has 0 aliphatic heterocycles. The molecule has 1 heterocycles.